The van der Waals surface area contributed by atoms with Gasteiger partial charge in [-0.25, -0.2) is 0 Å². The summed E-state index contributed by atoms with van der Waals surface area (Å²) in [6.45, 7) is 0. The number of fused-ring (bicyclic) bond motifs is 1. The Morgan fingerprint density at radius 1 is 1.00 bits per heavy atom. The highest BCUT2D eigenvalue weighted by Crippen LogP contribution is 2.31. The molecule has 0 fully saturated rings. The topological polar surface area (TPSA) is 47.6 Å². The van der Waals surface area contributed by atoms with Gasteiger partial charge in [0.25, 0.3) is 0 Å². The number of anilines is 1. The van der Waals surface area contributed by atoms with Crippen molar-refractivity contribution < 1.29 is 14.3 Å². The van der Waals surface area contributed by atoms with Crippen LogP contribution in [0.4, 0.5) is 5.69 Å². The largest absolute Gasteiger partial charge is 0.493 e. The number of amides is 1. The van der Waals surface area contributed by atoms with Gasteiger partial charge in [-0.15, -0.1) is 0 Å². The molecule has 0 spiro atoms. The Morgan fingerprint density at radius 3 is 2.23 bits per heavy atom. The van der Waals surface area contributed by atoms with Gasteiger partial charge in [-0.05, 0) is 36.1 Å². The molecule has 0 atom stereocenters. The number of methoxy groups -OCH3 is 2. The van der Waals surface area contributed by atoms with Crippen molar-refractivity contribution in [3.8, 4) is 11.5 Å². The summed E-state index contributed by atoms with van der Waals surface area (Å²) >= 11 is 0. The van der Waals surface area contributed by atoms with E-state index in [4.69, 9.17) is 9.47 Å². The molecule has 1 aliphatic rings. The van der Waals surface area contributed by atoms with Crippen LogP contribution >= 0.6 is 0 Å². The highest BCUT2D eigenvalue weighted by atomic mass is 16.5. The van der Waals surface area contributed by atoms with Gasteiger partial charge in [-0.1, -0.05) is 24.3 Å². The van der Waals surface area contributed by atoms with Crippen molar-refractivity contribution in [2.75, 3.05) is 19.5 Å². The van der Waals surface area contributed by atoms with Crippen molar-refractivity contribution in [2.24, 2.45) is 5.92 Å². The lowest BCUT2D eigenvalue weighted by Crippen LogP contribution is -2.23. The fourth-order valence-corrected chi connectivity index (χ4v) is 2.90. The summed E-state index contributed by atoms with van der Waals surface area (Å²) in [4.78, 5) is 12.5. The van der Waals surface area contributed by atoms with Crippen LogP contribution in [0, 0.1) is 5.92 Å². The molecule has 0 heterocycles. The zero-order valence-corrected chi connectivity index (χ0v) is 12.8. The van der Waals surface area contributed by atoms with Crippen LogP contribution in [0.15, 0.2) is 42.5 Å². The average molecular weight is 297 g/mol. The highest BCUT2D eigenvalue weighted by Gasteiger charge is 2.27. The fraction of sp³-hybridized carbons (Fsp3) is 0.278. The number of hydrogen-bond acceptors (Lipinski definition) is 3. The lowest BCUT2D eigenvalue weighted by molar-refractivity contribution is -0.119. The van der Waals surface area contributed by atoms with E-state index >= 15 is 0 Å². The number of rotatable bonds is 4. The first kappa shape index (κ1) is 14.4. The summed E-state index contributed by atoms with van der Waals surface area (Å²) in [6.07, 6.45) is 1.60. The van der Waals surface area contributed by atoms with E-state index in [2.05, 4.69) is 17.4 Å². The van der Waals surface area contributed by atoms with Crippen LogP contribution in [0.25, 0.3) is 0 Å². The summed E-state index contributed by atoms with van der Waals surface area (Å²) in [7, 11) is 3.17. The molecule has 3 rings (SSSR count). The van der Waals surface area contributed by atoms with E-state index < -0.39 is 0 Å². The Kier molecular flexibility index (Phi) is 4.00. The third-order valence-corrected chi connectivity index (χ3v) is 4.07. The molecule has 0 radical (unpaired) electrons. The minimum atomic E-state index is -0.00880. The van der Waals surface area contributed by atoms with Crippen molar-refractivity contribution in [3.63, 3.8) is 0 Å². The molecule has 2 aromatic rings. The molecule has 114 valence electrons. The van der Waals surface area contributed by atoms with Gasteiger partial charge in [0.1, 0.15) is 0 Å². The van der Waals surface area contributed by atoms with Crippen LogP contribution in [0.3, 0.4) is 0 Å². The standard InChI is InChI=1S/C18H19NO3/c1-21-16-8-7-15(11-17(16)22-2)19-18(20)14-9-12-5-3-4-6-13(12)10-14/h3-8,11,14H,9-10H2,1-2H3,(H,19,20). The number of hydrogen-bond donors (Lipinski definition) is 1. The van der Waals surface area contributed by atoms with Crippen LogP contribution in [0.1, 0.15) is 11.1 Å². The van der Waals surface area contributed by atoms with Gasteiger partial charge in [-0.2, -0.15) is 0 Å². The van der Waals surface area contributed by atoms with E-state index in [0.29, 0.717) is 11.5 Å². The molecule has 0 aromatic heterocycles. The van der Waals surface area contributed by atoms with Crippen molar-refractivity contribution in [1.82, 2.24) is 0 Å². The van der Waals surface area contributed by atoms with E-state index in [1.54, 1.807) is 26.4 Å². The smallest absolute Gasteiger partial charge is 0.228 e. The average Bonchev–Trinajstić information content (AvgIpc) is 2.99. The highest BCUT2D eigenvalue weighted by molar-refractivity contribution is 5.93. The van der Waals surface area contributed by atoms with Crippen LogP contribution in [0.5, 0.6) is 11.5 Å². The van der Waals surface area contributed by atoms with E-state index in [-0.39, 0.29) is 11.8 Å². The molecule has 0 aliphatic heterocycles. The number of carbonyl (C=O) groups excluding carboxylic acids is 1. The Bertz CT molecular complexity index is 671. The molecule has 1 aliphatic carbocycles. The molecule has 1 amide bonds. The second-order valence-corrected chi connectivity index (χ2v) is 5.43. The maximum absolute atomic E-state index is 12.5. The molecule has 0 saturated carbocycles. The lowest BCUT2D eigenvalue weighted by Gasteiger charge is -2.13. The molecule has 0 saturated heterocycles. The molecule has 1 N–H and O–H groups in total. The second kappa shape index (κ2) is 6.10. The minimum absolute atomic E-state index is 0.00880. The first-order valence-electron chi connectivity index (χ1n) is 7.31. The van der Waals surface area contributed by atoms with Crippen molar-refractivity contribution in [1.29, 1.82) is 0 Å². The monoisotopic (exact) mass is 297 g/mol. The molecule has 0 unspecified atom stereocenters. The Hall–Kier alpha value is -2.49. The molecule has 4 nitrogen and oxygen atoms in total. The number of benzene rings is 2. The summed E-state index contributed by atoms with van der Waals surface area (Å²) < 4.78 is 10.5. The van der Waals surface area contributed by atoms with E-state index in [9.17, 15) is 4.79 Å². The maximum atomic E-state index is 12.5. The number of nitrogens with one attached hydrogen (secondary N) is 1. The third-order valence-electron chi connectivity index (χ3n) is 4.07. The fourth-order valence-electron chi connectivity index (χ4n) is 2.90. The quantitative estimate of drug-likeness (QED) is 0.943. The SMILES string of the molecule is COc1ccc(NC(=O)C2Cc3ccccc3C2)cc1OC. The van der Waals surface area contributed by atoms with Crippen LogP contribution in [-0.4, -0.2) is 20.1 Å². The maximum Gasteiger partial charge on any atom is 0.228 e. The summed E-state index contributed by atoms with van der Waals surface area (Å²) in [5.74, 6) is 1.29. The predicted molar refractivity (Wildman–Crippen MR) is 85.5 cm³/mol. The van der Waals surface area contributed by atoms with Gasteiger partial charge in [0, 0.05) is 17.7 Å². The molecule has 22 heavy (non-hydrogen) atoms. The van der Waals surface area contributed by atoms with Crippen molar-refractivity contribution >= 4 is 11.6 Å². The molecule has 2 aromatic carbocycles. The van der Waals surface area contributed by atoms with Gasteiger partial charge in [-0.3, -0.25) is 4.79 Å². The van der Waals surface area contributed by atoms with Crippen LogP contribution < -0.4 is 14.8 Å². The predicted octanol–water partition coefficient (Wildman–Crippen LogP) is 3.06. The zero-order chi connectivity index (χ0) is 15.5. The first-order valence-corrected chi connectivity index (χ1v) is 7.31. The van der Waals surface area contributed by atoms with Gasteiger partial charge in [0.05, 0.1) is 14.2 Å². The minimum Gasteiger partial charge on any atom is -0.493 e. The normalized spacial score (nSPS) is 13.5. The van der Waals surface area contributed by atoms with E-state index in [0.717, 1.165) is 18.5 Å². The lowest BCUT2D eigenvalue weighted by atomic mass is 10.1. The summed E-state index contributed by atoms with van der Waals surface area (Å²) in [5, 5.41) is 2.97. The van der Waals surface area contributed by atoms with Crippen molar-refractivity contribution in [2.45, 2.75) is 12.8 Å². The molecular formula is C18H19NO3. The van der Waals surface area contributed by atoms with E-state index in [1.807, 2.05) is 18.2 Å². The number of ether oxygens (including phenoxy) is 2. The van der Waals surface area contributed by atoms with Crippen molar-refractivity contribution in [3.05, 3.63) is 53.6 Å². The van der Waals surface area contributed by atoms with Gasteiger partial charge in [0.15, 0.2) is 11.5 Å². The molecule has 4 heteroatoms. The number of carbonyl (C=O) groups is 1. The summed E-state index contributed by atoms with van der Waals surface area (Å²) in [5.41, 5.74) is 3.27. The summed E-state index contributed by atoms with van der Waals surface area (Å²) in [6, 6.07) is 13.6. The van der Waals surface area contributed by atoms with E-state index in [1.165, 1.54) is 11.1 Å². The Morgan fingerprint density at radius 2 is 1.64 bits per heavy atom. The van der Waals surface area contributed by atoms with Crippen LogP contribution in [-0.2, 0) is 17.6 Å². The first-order chi connectivity index (χ1) is 10.7. The van der Waals surface area contributed by atoms with Gasteiger partial charge >= 0.3 is 0 Å². The Balaban J connectivity index is 1.71. The zero-order valence-electron chi connectivity index (χ0n) is 12.8. The third kappa shape index (κ3) is 2.77. The van der Waals surface area contributed by atoms with Crippen LogP contribution in [0.2, 0.25) is 0 Å². The second-order valence-electron chi connectivity index (χ2n) is 5.43. The Labute approximate surface area is 130 Å². The molecular weight excluding hydrogens is 278 g/mol. The van der Waals surface area contributed by atoms with Gasteiger partial charge < -0.3 is 14.8 Å². The van der Waals surface area contributed by atoms with Gasteiger partial charge in [0.2, 0.25) is 5.91 Å². The molecule has 0 bridgehead atoms.